The van der Waals surface area contributed by atoms with Gasteiger partial charge in [-0.25, -0.2) is 8.42 Å². The lowest BCUT2D eigenvalue weighted by molar-refractivity contribution is -0.137. The number of halogens is 3. The van der Waals surface area contributed by atoms with Crippen LogP contribution in [0.25, 0.3) is 11.1 Å². The number of carbonyl (C=O) groups is 1. The third-order valence-electron chi connectivity index (χ3n) is 6.76. The zero-order valence-electron chi connectivity index (χ0n) is 19.3. The minimum atomic E-state index is -4.65. The molecule has 9 heteroatoms. The van der Waals surface area contributed by atoms with Crippen molar-refractivity contribution in [2.75, 3.05) is 11.4 Å². The summed E-state index contributed by atoms with van der Waals surface area (Å²) in [6.45, 7) is 3.29. The molecular formula is C26H25F3N2O3S. The lowest BCUT2D eigenvalue weighted by atomic mass is 9.85. The van der Waals surface area contributed by atoms with E-state index in [4.69, 9.17) is 0 Å². The second kappa shape index (κ2) is 9.11. The maximum atomic E-state index is 13.4. The van der Waals surface area contributed by atoms with E-state index in [2.05, 4.69) is 4.98 Å². The average Bonchev–Trinajstić information content (AvgIpc) is 2.84. The molecule has 1 fully saturated rings. The van der Waals surface area contributed by atoms with Gasteiger partial charge in [0.05, 0.1) is 15.2 Å². The lowest BCUT2D eigenvalue weighted by Gasteiger charge is -2.39. The number of alkyl halides is 3. The van der Waals surface area contributed by atoms with Crippen molar-refractivity contribution in [1.29, 1.82) is 0 Å². The molecule has 2 heterocycles. The Morgan fingerprint density at radius 1 is 0.943 bits per heavy atom. The lowest BCUT2D eigenvalue weighted by Crippen LogP contribution is -2.48. The maximum Gasteiger partial charge on any atom is 0.416 e. The summed E-state index contributed by atoms with van der Waals surface area (Å²) in [5, 5.41) is 0. The Bertz CT molecular complexity index is 1320. The zero-order chi connectivity index (χ0) is 25.4. The Labute approximate surface area is 202 Å². The standard InChI is InChI=1S/C26H25F3N2O3S/c1-25(2,35(33,34)23-5-3-4-21(16-23)26(27,28)29)20-12-15-31(24(32)17-20)22-8-6-18(7-9-22)19-10-13-30-14-11-19/h3-11,13-14,16,20H,12,15,17H2,1-2H3/t20-/m1/s1. The summed E-state index contributed by atoms with van der Waals surface area (Å²) in [4.78, 5) is 18.3. The summed E-state index contributed by atoms with van der Waals surface area (Å²) in [7, 11) is -4.14. The van der Waals surface area contributed by atoms with Crippen LogP contribution in [-0.4, -0.2) is 30.6 Å². The number of sulfone groups is 1. The molecule has 2 aromatic carbocycles. The van der Waals surface area contributed by atoms with E-state index in [1.54, 1.807) is 17.3 Å². The monoisotopic (exact) mass is 502 g/mol. The molecule has 4 rings (SSSR count). The number of rotatable bonds is 5. The highest BCUT2D eigenvalue weighted by Crippen LogP contribution is 2.40. The summed E-state index contributed by atoms with van der Waals surface area (Å²) in [6.07, 6.45) is -0.857. The van der Waals surface area contributed by atoms with Crippen LogP contribution in [0.3, 0.4) is 0 Å². The van der Waals surface area contributed by atoms with E-state index in [-0.39, 0.29) is 17.2 Å². The molecular weight excluding hydrogens is 477 g/mol. The van der Waals surface area contributed by atoms with E-state index < -0.39 is 32.2 Å². The summed E-state index contributed by atoms with van der Waals surface area (Å²) >= 11 is 0. The molecule has 3 aromatic rings. The molecule has 0 N–H and O–H groups in total. The van der Waals surface area contributed by atoms with Gasteiger partial charge in [-0.1, -0.05) is 18.2 Å². The Hall–Kier alpha value is -3.20. The maximum absolute atomic E-state index is 13.4. The van der Waals surface area contributed by atoms with Gasteiger partial charge in [-0.15, -0.1) is 0 Å². The van der Waals surface area contributed by atoms with E-state index in [1.165, 1.54) is 19.9 Å². The molecule has 1 aliphatic heterocycles. The van der Waals surface area contributed by atoms with Gasteiger partial charge < -0.3 is 4.90 Å². The van der Waals surface area contributed by atoms with Crippen LogP contribution in [0.15, 0.2) is 78.0 Å². The van der Waals surface area contributed by atoms with Crippen LogP contribution >= 0.6 is 0 Å². The van der Waals surface area contributed by atoms with Crippen molar-refractivity contribution in [3.63, 3.8) is 0 Å². The first-order valence-electron chi connectivity index (χ1n) is 11.1. The number of hydrogen-bond acceptors (Lipinski definition) is 4. The number of piperidine rings is 1. The Morgan fingerprint density at radius 3 is 2.17 bits per heavy atom. The molecule has 0 spiro atoms. The van der Waals surface area contributed by atoms with E-state index in [9.17, 15) is 26.4 Å². The van der Waals surface area contributed by atoms with Crippen LogP contribution in [0.2, 0.25) is 0 Å². The van der Waals surface area contributed by atoms with Gasteiger partial charge in [0.15, 0.2) is 9.84 Å². The van der Waals surface area contributed by atoms with Gasteiger partial charge in [-0.3, -0.25) is 9.78 Å². The fourth-order valence-corrected chi connectivity index (χ4v) is 6.23. The highest BCUT2D eigenvalue weighted by molar-refractivity contribution is 7.92. The van der Waals surface area contributed by atoms with Crippen molar-refractivity contribution >= 4 is 21.4 Å². The normalized spacial score (nSPS) is 17.5. The molecule has 1 saturated heterocycles. The number of carbonyl (C=O) groups excluding carboxylic acids is 1. The molecule has 1 aromatic heterocycles. The first-order valence-corrected chi connectivity index (χ1v) is 12.6. The molecule has 184 valence electrons. The van der Waals surface area contributed by atoms with Crippen LogP contribution in [0.4, 0.5) is 18.9 Å². The average molecular weight is 503 g/mol. The van der Waals surface area contributed by atoms with Crippen molar-refractivity contribution in [2.24, 2.45) is 5.92 Å². The highest BCUT2D eigenvalue weighted by atomic mass is 32.2. The first kappa shape index (κ1) is 24.9. The van der Waals surface area contributed by atoms with Crippen LogP contribution in [0.5, 0.6) is 0 Å². The molecule has 0 bridgehead atoms. The van der Waals surface area contributed by atoms with Crippen LogP contribution in [-0.2, 0) is 20.8 Å². The molecule has 0 saturated carbocycles. The summed E-state index contributed by atoms with van der Waals surface area (Å²) in [5.74, 6) is -0.757. The van der Waals surface area contributed by atoms with Crippen LogP contribution in [0, 0.1) is 5.92 Å². The predicted octanol–water partition coefficient (Wildman–Crippen LogP) is 5.76. The van der Waals surface area contributed by atoms with Gasteiger partial charge in [0.1, 0.15) is 0 Å². The van der Waals surface area contributed by atoms with Crippen molar-refractivity contribution in [1.82, 2.24) is 4.98 Å². The summed E-state index contributed by atoms with van der Waals surface area (Å²) in [5.41, 5.74) is 1.67. The molecule has 35 heavy (non-hydrogen) atoms. The number of pyridine rings is 1. The SMILES string of the molecule is CC(C)([C@@H]1CCN(c2ccc(-c3ccncc3)cc2)C(=O)C1)S(=O)(=O)c1cccc(C(F)(F)F)c1. The van der Waals surface area contributed by atoms with Crippen LogP contribution in [0.1, 0.15) is 32.3 Å². The fourth-order valence-electron chi connectivity index (χ4n) is 4.44. The minimum Gasteiger partial charge on any atom is -0.312 e. The molecule has 0 radical (unpaired) electrons. The van der Waals surface area contributed by atoms with Gasteiger partial charge >= 0.3 is 6.18 Å². The molecule has 1 atom stereocenters. The highest BCUT2D eigenvalue weighted by Gasteiger charge is 2.46. The second-order valence-corrected chi connectivity index (χ2v) is 11.7. The fraction of sp³-hybridized carbons (Fsp3) is 0.308. The van der Waals surface area contributed by atoms with E-state index in [0.29, 0.717) is 24.7 Å². The van der Waals surface area contributed by atoms with Crippen molar-refractivity contribution < 1.29 is 26.4 Å². The Kier molecular flexibility index (Phi) is 6.48. The Balaban J connectivity index is 1.52. The smallest absolute Gasteiger partial charge is 0.312 e. The molecule has 0 aliphatic carbocycles. The van der Waals surface area contributed by atoms with Crippen molar-refractivity contribution in [3.05, 3.63) is 78.6 Å². The van der Waals surface area contributed by atoms with E-state index >= 15 is 0 Å². The third kappa shape index (κ3) is 4.82. The minimum absolute atomic E-state index is 0.0166. The number of anilines is 1. The van der Waals surface area contributed by atoms with Gasteiger partial charge in [0.25, 0.3) is 0 Å². The van der Waals surface area contributed by atoms with Gasteiger partial charge in [-0.05, 0) is 79.8 Å². The topological polar surface area (TPSA) is 67.3 Å². The van der Waals surface area contributed by atoms with Gasteiger partial charge in [-0.2, -0.15) is 13.2 Å². The number of aromatic nitrogens is 1. The van der Waals surface area contributed by atoms with E-state index in [0.717, 1.165) is 23.3 Å². The third-order valence-corrected chi connectivity index (χ3v) is 9.36. The van der Waals surface area contributed by atoms with Crippen LogP contribution < -0.4 is 4.90 Å². The molecule has 1 amide bonds. The molecule has 0 unspecified atom stereocenters. The van der Waals surface area contributed by atoms with Crippen molar-refractivity contribution in [2.45, 2.75) is 42.5 Å². The summed E-state index contributed by atoms with van der Waals surface area (Å²) in [6, 6.07) is 15.1. The number of amides is 1. The predicted molar refractivity (Wildman–Crippen MR) is 127 cm³/mol. The zero-order valence-corrected chi connectivity index (χ0v) is 20.1. The summed E-state index contributed by atoms with van der Waals surface area (Å²) < 4.78 is 64.7. The number of hydrogen-bond donors (Lipinski definition) is 0. The van der Waals surface area contributed by atoms with Gasteiger partial charge in [0, 0.05) is 31.0 Å². The molecule has 1 aliphatic rings. The van der Waals surface area contributed by atoms with E-state index in [1.807, 2.05) is 36.4 Å². The largest absolute Gasteiger partial charge is 0.416 e. The van der Waals surface area contributed by atoms with Gasteiger partial charge in [0.2, 0.25) is 5.91 Å². The first-order chi connectivity index (χ1) is 16.4. The second-order valence-electron chi connectivity index (χ2n) is 9.15. The number of nitrogens with zero attached hydrogens (tertiary/aromatic N) is 2. The quantitative estimate of drug-likeness (QED) is 0.445. The van der Waals surface area contributed by atoms with Crippen molar-refractivity contribution in [3.8, 4) is 11.1 Å². The number of benzene rings is 2. The molecule has 5 nitrogen and oxygen atoms in total. The Morgan fingerprint density at radius 2 is 1.57 bits per heavy atom.